The van der Waals surface area contributed by atoms with E-state index in [4.69, 9.17) is 11.6 Å². The maximum Gasteiger partial charge on any atom is 0.124 e. The number of rotatable bonds is 5. The predicted octanol–water partition coefficient (Wildman–Crippen LogP) is 4.66. The highest BCUT2D eigenvalue weighted by Crippen LogP contribution is 2.20. The molecule has 19 heavy (non-hydrogen) atoms. The Bertz CT molecular complexity index is 533. The van der Waals surface area contributed by atoms with Crippen LogP contribution < -0.4 is 5.32 Å². The molecule has 0 aliphatic rings. The predicted molar refractivity (Wildman–Crippen MR) is 80.8 cm³/mol. The average Bonchev–Trinajstić information content (AvgIpc) is 2.43. The molecule has 0 amide bonds. The van der Waals surface area contributed by atoms with Gasteiger partial charge in [0.1, 0.15) is 5.82 Å². The molecule has 0 aliphatic carbocycles. The smallest absolute Gasteiger partial charge is 0.124 e. The van der Waals surface area contributed by atoms with Gasteiger partial charge >= 0.3 is 0 Å². The molecule has 0 radical (unpaired) electrons. The first kappa shape index (κ1) is 14.5. The zero-order chi connectivity index (χ0) is 13.7. The first-order valence-corrected chi connectivity index (χ1v) is 7.31. The van der Waals surface area contributed by atoms with E-state index in [0.717, 1.165) is 15.6 Å². The van der Waals surface area contributed by atoms with Crippen LogP contribution in [0.25, 0.3) is 0 Å². The minimum absolute atomic E-state index is 0.0832. The van der Waals surface area contributed by atoms with Crippen molar-refractivity contribution in [1.82, 2.24) is 5.32 Å². The zero-order valence-electron chi connectivity index (χ0n) is 10.2. The van der Waals surface area contributed by atoms with Crippen molar-refractivity contribution >= 4 is 27.5 Å². The van der Waals surface area contributed by atoms with Gasteiger partial charge in [-0.05, 0) is 23.3 Å². The molecule has 2 rings (SSSR count). The van der Waals surface area contributed by atoms with Crippen LogP contribution in [0.2, 0.25) is 0 Å². The van der Waals surface area contributed by atoms with Crippen molar-refractivity contribution in [2.24, 2.45) is 0 Å². The summed E-state index contributed by atoms with van der Waals surface area (Å²) in [6.07, 6.45) is 0. The van der Waals surface area contributed by atoms with Gasteiger partial charge in [0.25, 0.3) is 0 Å². The van der Waals surface area contributed by atoms with Gasteiger partial charge < -0.3 is 5.32 Å². The van der Waals surface area contributed by atoms with E-state index in [-0.39, 0.29) is 11.9 Å². The molecule has 0 heterocycles. The largest absolute Gasteiger partial charge is 0.305 e. The molecule has 4 heteroatoms. The zero-order valence-corrected chi connectivity index (χ0v) is 12.6. The molecule has 100 valence electrons. The second kappa shape index (κ2) is 7.04. The fraction of sp³-hybridized carbons (Fsp3) is 0.200. The van der Waals surface area contributed by atoms with Gasteiger partial charge in [-0.2, -0.15) is 0 Å². The van der Waals surface area contributed by atoms with Gasteiger partial charge in [-0.25, -0.2) is 4.39 Å². The summed E-state index contributed by atoms with van der Waals surface area (Å²) in [6, 6.07) is 14.8. The Hall–Kier alpha value is -0.900. The SMILES string of the molecule is Fc1ccc(CNC(CCl)c2ccccc2)c(Br)c1. The van der Waals surface area contributed by atoms with Gasteiger partial charge in [0.2, 0.25) is 0 Å². The Morgan fingerprint density at radius 3 is 2.53 bits per heavy atom. The molecule has 1 N–H and O–H groups in total. The molecule has 0 saturated carbocycles. The molecule has 0 aliphatic heterocycles. The monoisotopic (exact) mass is 341 g/mol. The van der Waals surface area contributed by atoms with Gasteiger partial charge in [0, 0.05) is 22.9 Å². The van der Waals surface area contributed by atoms with Gasteiger partial charge in [-0.1, -0.05) is 52.3 Å². The van der Waals surface area contributed by atoms with Crippen molar-refractivity contribution in [3.05, 3.63) is 69.9 Å². The molecule has 0 bridgehead atoms. The molecule has 2 aromatic carbocycles. The van der Waals surface area contributed by atoms with Gasteiger partial charge in [0.15, 0.2) is 0 Å². The molecule has 0 saturated heterocycles. The third-order valence-electron chi connectivity index (χ3n) is 2.91. The molecule has 1 atom stereocenters. The normalized spacial score (nSPS) is 12.4. The van der Waals surface area contributed by atoms with Crippen molar-refractivity contribution in [3.8, 4) is 0 Å². The van der Waals surface area contributed by atoms with Crippen LogP contribution in [-0.4, -0.2) is 5.88 Å². The third kappa shape index (κ3) is 4.03. The molecule has 0 fully saturated rings. The maximum absolute atomic E-state index is 13.0. The molecule has 1 nitrogen and oxygen atoms in total. The molecule has 2 aromatic rings. The molecular weight excluding hydrogens is 329 g/mol. The van der Waals surface area contributed by atoms with Crippen LogP contribution in [0, 0.1) is 5.82 Å². The quantitative estimate of drug-likeness (QED) is 0.779. The number of hydrogen-bond donors (Lipinski definition) is 1. The topological polar surface area (TPSA) is 12.0 Å². The van der Waals surface area contributed by atoms with Crippen LogP contribution in [0.3, 0.4) is 0 Å². The minimum atomic E-state index is -0.243. The number of alkyl halides is 1. The van der Waals surface area contributed by atoms with Crippen LogP contribution in [0.5, 0.6) is 0 Å². The minimum Gasteiger partial charge on any atom is -0.305 e. The lowest BCUT2D eigenvalue weighted by atomic mass is 10.1. The maximum atomic E-state index is 13.0. The summed E-state index contributed by atoms with van der Waals surface area (Å²) in [5, 5.41) is 3.38. The van der Waals surface area contributed by atoms with E-state index in [1.807, 2.05) is 30.3 Å². The van der Waals surface area contributed by atoms with E-state index in [0.29, 0.717) is 12.4 Å². The second-order valence-electron chi connectivity index (χ2n) is 4.23. The van der Waals surface area contributed by atoms with Crippen molar-refractivity contribution in [3.63, 3.8) is 0 Å². The van der Waals surface area contributed by atoms with Crippen molar-refractivity contribution in [2.45, 2.75) is 12.6 Å². The first-order chi connectivity index (χ1) is 9.20. The van der Waals surface area contributed by atoms with Crippen LogP contribution in [0.1, 0.15) is 17.2 Å². The lowest BCUT2D eigenvalue weighted by Gasteiger charge is -2.17. The summed E-state index contributed by atoms with van der Waals surface area (Å²) >= 11 is 9.36. The summed E-state index contributed by atoms with van der Waals surface area (Å²) in [6.45, 7) is 0.632. The Morgan fingerprint density at radius 2 is 1.89 bits per heavy atom. The van der Waals surface area contributed by atoms with Crippen molar-refractivity contribution in [2.75, 3.05) is 5.88 Å². The summed E-state index contributed by atoms with van der Waals surface area (Å²) in [5.41, 5.74) is 2.16. The van der Waals surface area contributed by atoms with E-state index in [1.54, 1.807) is 6.07 Å². The Balaban J connectivity index is 2.04. The molecular formula is C15H14BrClFN. The standard InChI is InChI=1S/C15H14BrClFN/c16-14-8-13(18)7-6-12(14)10-19-15(9-17)11-4-2-1-3-5-11/h1-8,15,19H,9-10H2. The van der Waals surface area contributed by atoms with Gasteiger partial charge in [-0.15, -0.1) is 11.6 Å². The highest BCUT2D eigenvalue weighted by atomic mass is 79.9. The number of benzene rings is 2. The van der Waals surface area contributed by atoms with Gasteiger partial charge in [0.05, 0.1) is 0 Å². The Labute approximate surface area is 125 Å². The lowest BCUT2D eigenvalue weighted by molar-refractivity contribution is 0.576. The summed E-state index contributed by atoms with van der Waals surface area (Å²) in [7, 11) is 0. The Kier molecular flexibility index (Phi) is 5.37. The van der Waals surface area contributed by atoms with E-state index >= 15 is 0 Å². The van der Waals surface area contributed by atoms with Crippen LogP contribution in [0.15, 0.2) is 53.0 Å². The van der Waals surface area contributed by atoms with Crippen molar-refractivity contribution in [1.29, 1.82) is 0 Å². The number of hydrogen-bond acceptors (Lipinski definition) is 1. The van der Waals surface area contributed by atoms with Gasteiger partial charge in [-0.3, -0.25) is 0 Å². The lowest BCUT2D eigenvalue weighted by Crippen LogP contribution is -2.22. The highest BCUT2D eigenvalue weighted by Gasteiger charge is 2.10. The first-order valence-electron chi connectivity index (χ1n) is 5.99. The van der Waals surface area contributed by atoms with E-state index in [1.165, 1.54) is 12.1 Å². The van der Waals surface area contributed by atoms with Crippen molar-refractivity contribution < 1.29 is 4.39 Å². The van der Waals surface area contributed by atoms with E-state index in [9.17, 15) is 4.39 Å². The highest BCUT2D eigenvalue weighted by molar-refractivity contribution is 9.10. The molecule has 0 spiro atoms. The Morgan fingerprint density at radius 1 is 1.16 bits per heavy atom. The number of nitrogens with one attached hydrogen (secondary N) is 1. The average molecular weight is 343 g/mol. The van der Waals surface area contributed by atoms with Crippen LogP contribution in [0.4, 0.5) is 4.39 Å². The third-order valence-corrected chi connectivity index (χ3v) is 3.96. The second-order valence-corrected chi connectivity index (χ2v) is 5.40. The summed E-state index contributed by atoms with van der Waals surface area (Å²) < 4.78 is 13.8. The van der Waals surface area contributed by atoms with E-state index in [2.05, 4.69) is 21.2 Å². The molecule has 1 unspecified atom stereocenters. The molecule has 0 aromatic heterocycles. The summed E-state index contributed by atoms with van der Waals surface area (Å²) in [4.78, 5) is 0. The summed E-state index contributed by atoms with van der Waals surface area (Å²) in [5.74, 6) is 0.246. The fourth-order valence-corrected chi connectivity index (χ4v) is 2.62. The van der Waals surface area contributed by atoms with Crippen LogP contribution >= 0.6 is 27.5 Å². The van der Waals surface area contributed by atoms with Crippen LogP contribution in [-0.2, 0) is 6.54 Å². The number of halogens is 3. The fourth-order valence-electron chi connectivity index (χ4n) is 1.85. The van der Waals surface area contributed by atoms with E-state index < -0.39 is 0 Å².